The van der Waals surface area contributed by atoms with Gasteiger partial charge in [0.1, 0.15) is 5.75 Å². The molecular weight excluding hydrogens is 338 g/mol. The number of ether oxygens (including phenoxy) is 1. The second-order valence-corrected chi connectivity index (χ2v) is 4.94. The van der Waals surface area contributed by atoms with Crippen molar-refractivity contribution in [2.75, 3.05) is 6.61 Å². The van der Waals surface area contributed by atoms with E-state index in [4.69, 9.17) is 16.3 Å². The molecule has 0 aliphatic rings. The first kappa shape index (κ1) is 17.2. The molecule has 2 rings (SSSR count). The van der Waals surface area contributed by atoms with Crippen LogP contribution in [0.2, 0.25) is 5.02 Å². The Balaban J connectivity index is 1.89. The highest BCUT2D eigenvalue weighted by Crippen LogP contribution is 2.27. The van der Waals surface area contributed by atoms with Gasteiger partial charge in [0.05, 0.1) is 11.1 Å². The average molecular weight is 350 g/mol. The maximum Gasteiger partial charge on any atom is 0.311 e. The number of carbonyl (C=O) groups is 1. The fraction of sp³-hybridized carbons (Fsp3) is 0.0667. The zero-order chi connectivity index (χ0) is 17.5. The number of aromatic hydroxyl groups is 1. The SMILES string of the molecule is O=C(COc1ccc(Cl)cc1)N/N=C\c1cccc([N+](=O)[O-])c1O. The van der Waals surface area contributed by atoms with Crippen molar-refractivity contribution in [2.45, 2.75) is 0 Å². The lowest BCUT2D eigenvalue weighted by atomic mass is 10.2. The normalized spacial score (nSPS) is 10.5. The molecule has 0 aliphatic heterocycles. The van der Waals surface area contributed by atoms with Gasteiger partial charge in [-0.05, 0) is 30.3 Å². The van der Waals surface area contributed by atoms with Gasteiger partial charge in [0.15, 0.2) is 6.61 Å². The van der Waals surface area contributed by atoms with Crippen LogP contribution in [0.25, 0.3) is 0 Å². The molecule has 0 aromatic heterocycles. The highest BCUT2D eigenvalue weighted by Gasteiger charge is 2.15. The maximum absolute atomic E-state index is 11.6. The minimum Gasteiger partial charge on any atom is -0.502 e. The van der Waals surface area contributed by atoms with Crippen molar-refractivity contribution in [1.82, 2.24) is 5.43 Å². The van der Waals surface area contributed by atoms with Crippen LogP contribution in [0.4, 0.5) is 5.69 Å². The monoisotopic (exact) mass is 349 g/mol. The van der Waals surface area contributed by atoms with E-state index in [-0.39, 0.29) is 12.2 Å². The number of carbonyl (C=O) groups excluding carboxylic acids is 1. The fourth-order valence-corrected chi connectivity index (χ4v) is 1.81. The van der Waals surface area contributed by atoms with Gasteiger partial charge < -0.3 is 9.84 Å². The summed E-state index contributed by atoms with van der Waals surface area (Å²) < 4.78 is 5.22. The minimum atomic E-state index is -0.717. The van der Waals surface area contributed by atoms with E-state index in [1.165, 1.54) is 12.1 Å². The smallest absolute Gasteiger partial charge is 0.311 e. The summed E-state index contributed by atoms with van der Waals surface area (Å²) in [4.78, 5) is 21.6. The molecule has 1 amide bonds. The second-order valence-electron chi connectivity index (χ2n) is 4.51. The van der Waals surface area contributed by atoms with Crippen LogP contribution in [0.3, 0.4) is 0 Å². The molecule has 124 valence electrons. The predicted octanol–water partition coefficient (Wildman–Crippen LogP) is 2.48. The fourth-order valence-electron chi connectivity index (χ4n) is 1.69. The third-order valence-electron chi connectivity index (χ3n) is 2.82. The standard InChI is InChI=1S/C15H12ClN3O5/c16-11-4-6-12(7-5-11)24-9-14(20)18-17-8-10-2-1-3-13(15(10)21)19(22)23/h1-8,21H,9H2,(H,18,20)/b17-8-. The number of halogens is 1. The molecule has 2 N–H and O–H groups in total. The molecule has 0 spiro atoms. The lowest BCUT2D eigenvalue weighted by Crippen LogP contribution is -2.24. The van der Waals surface area contributed by atoms with Crippen LogP contribution < -0.4 is 10.2 Å². The lowest BCUT2D eigenvalue weighted by Gasteiger charge is -2.04. The Morgan fingerprint density at radius 3 is 2.71 bits per heavy atom. The maximum atomic E-state index is 11.6. The Labute approximate surface area is 141 Å². The van der Waals surface area contributed by atoms with Crippen molar-refractivity contribution in [1.29, 1.82) is 0 Å². The van der Waals surface area contributed by atoms with Crippen LogP contribution in [-0.4, -0.2) is 28.8 Å². The number of hydrogen-bond donors (Lipinski definition) is 2. The van der Waals surface area contributed by atoms with E-state index in [9.17, 15) is 20.0 Å². The number of para-hydroxylation sites is 1. The molecule has 8 nitrogen and oxygen atoms in total. The molecule has 0 heterocycles. The van der Waals surface area contributed by atoms with Gasteiger partial charge in [0.2, 0.25) is 5.75 Å². The summed E-state index contributed by atoms with van der Waals surface area (Å²) in [5.74, 6) is -0.598. The summed E-state index contributed by atoms with van der Waals surface area (Å²) in [7, 11) is 0. The number of hydrazone groups is 1. The first-order chi connectivity index (χ1) is 11.5. The molecule has 0 unspecified atom stereocenters. The topological polar surface area (TPSA) is 114 Å². The van der Waals surface area contributed by atoms with Gasteiger partial charge in [0, 0.05) is 16.7 Å². The number of nitro benzene ring substituents is 1. The first-order valence-electron chi connectivity index (χ1n) is 6.64. The van der Waals surface area contributed by atoms with E-state index >= 15 is 0 Å². The summed E-state index contributed by atoms with van der Waals surface area (Å²) in [6.45, 7) is -0.278. The Morgan fingerprint density at radius 2 is 2.04 bits per heavy atom. The average Bonchev–Trinajstić information content (AvgIpc) is 2.55. The number of amides is 1. The van der Waals surface area contributed by atoms with E-state index in [0.717, 1.165) is 12.3 Å². The van der Waals surface area contributed by atoms with Gasteiger partial charge in [0.25, 0.3) is 5.91 Å². The van der Waals surface area contributed by atoms with Crippen LogP contribution in [0.5, 0.6) is 11.5 Å². The number of nitro groups is 1. The predicted molar refractivity (Wildman–Crippen MR) is 87.4 cm³/mol. The highest BCUT2D eigenvalue weighted by molar-refractivity contribution is 6.30. The third kappa shape index (κ3) is 4.68. The van der Waals surface area contributed by atoms with Crippen molar-refractivity contribution in [3.8, 4) is 11.5 Å². The van der Waals surface area contributed by atoms with E-state index in [1.54, 1.807) is 24.3 Å². The number of nitrogens with one attached hydrogen (secondary N) is 1. The number of phenols is 1. The van der Waals surface area contributed by atoms with Crippen molar-refractivity contribution in [2.24, 2.45) is 5.10 Å². The molecule has 2 aromatic carbocycles. The van der Waals surface area contributed by atoms with Gasteiger partial charge in [-0.25, -0.2) is 5.43 Å². The van der Waals surface area contributed by atoms with Crippen molar-refractivity contribution in [3.05, 3.63) is 63.2 Å². The molecule has 9 heteroatoms. The van der Waals surface area contributed by atoms with E-state index < -0.39 is 22.3 Å². The van der Waals surface area contributed by atoms with E-state index in [1.807, 2.05) is 0 Å². The van der Waals surface area contributed by atoms with Crippen LogP contribution in [0, 0.1) is 10.1 Å². The Bertz CT molecular complexity index is 777. The molecule has 0 atom stereocenters. The molecule has 2 aromatic rings. The largest absolute Gasteiger partial charge is 0.502 e. The van der Waals surface area contributed by atoms with Gasteiger partial charge in [-0.15, -0.1) is 0 Å². The number of rotatable bonds is 6. The first-order valence-corrected chi connectivity index (χ1v) is 7.02. The Morgan fingerprint density at radius 1 is 1.33 bits per heavy atom. The molecule has 0 radical (unpaired) electrons. The molecule has 0 saturated heterocycles. The second kappa shape index (κ2) is 7.93. The molecule has 0 saturated carbocycles. The summed E-state index contributed by atoms with van der Waals surface area (Å²) in [5, 5.41) is 24.6. The molecular formula is C15H12ClN3O5. The Hall–Kier alpha value is -3.13. The molecule has 0 aliphatic carbocycles. The van der Waals surface area contributed by atoms with Gasteiger partial charge in [-0.1, -0.05) is 17.7 Å². The summed E-state index contributed by atoms with van der Waals surface area (Å²) >= 11 is 5.73. The van der Waals surface area contributed by atoms with E-state index in [2.05, 4.69) is 10.5 Å². The molecule has 0 bridgehead atoms. The number of benzene rings is 2. The van der Waals surface area contributed by atoms with Crippen molar-refractivity contribution < 1.29 is 19.6 Å². The van der Waals surface area contributed by atoms with Crippen LogP contribution in [0.15, 0.2) is 47.6 Å². The van der Waals surface area contributed by atoms with Crippen molar-refractivity contribution >= 4 is 29.4 Å². The number of nitrogens with zero attached hydrogens (tertiary/aromatic N) is 2. The summed E-state index contributed by atoms with van der Waals surface area (Å²) in [5.41, 5.74) is 1.84. The van der Waals surface area contributed by atoms with E-state index in [0.29, 0.717) is 10.8 Å². The Kier molecular flexibility index (Phi) is 5.69. The van der Waals surface area contributed by atoms with Crippen LogP contribution >= 0.6 is 11.6 Å². The number of phenolic OH excluding ortho intramolecular Hbond substituents is 1. The summed E-state index contributed by atoms with van der Waals surface area (Å²) in [6, 6.07) is 10.4. The highest BCUT2D eigenvalue weighted by atomic mass is 35.5. The van der Waals surface area contributed by atoms with Crippen LogP contribution in [0.1, 0.15) is 5.56 Å². The lowest BCUT2D eigenvalue weighted by molar-refractivity contribution is -0.385. The minimum absolute atomic E-state index is 0.100. The summed E-state index contributed by atoms with van der Waals surface area (Å²) in [6.07, 6.45) is 1.10. The number of hydrogen-bond acceptors (Lipinski definition) is 6. The van der Waals surface area contributed by atoms with Crippen LogP contribution in [-0.2, 0) is 4.79 Å². The van der Waals surface area contributed by atoms with Gasteiger partial charge in [-0.3, -0.25) is 14.9 Å². The molecule has 24 heavy (non-hydrogen) atoms. The van der Waals surface area contributed by atoms with Crippen molar-refractivity contribution in [3.63, 3.8) is 0 Å². The zero-order valence-corrected chi connectivity index (χ0v) is 12.9. The van der Waals surface area contributed by atoms with Gasteiger partial charge >= 0.3 is 5.69 Å². The van der Waals surface area contributed by atoms with Gasteiger partial charge in [-0.2, -0.15) is 5.10 Å². The third-order valence-corrected chi connectivity index (χ3v) is 3.07. The molecule has 0 fully saturated rings. The zero-order valence-electron chi connectivity index (χ0n) is 12.2. The quantitative estimate of drug-likeness (QED) is 0.472.